The first kappa shape index (κ1) is 41.7. The maximum Gasteiger partial charge on any atom is 0.171 e. The Kier molecular flexibility index (Phi) is 9.81. The van der Waals surface area contributed by atoms with E-state index >= 15 is 0 Å². The molecule has 0 N–H and O–H groups in total. The molecule has 0 aromatic rings. The van der Waals surface area contributed by atoms with Crippen LogP contribution in [0.15, 0.2) is 23.3 Å². The molecule has 0 aromatic carbocycles. The van der Waals surface area contributed by atoms with E-state index in [0.29, 0.717) is 88.4 Å². The summed E-state index contributed by atoms with van der Waals surface area (Å²) in [7, 11) is 0. The second-order valence-electron chi connectivity index (χ2n) is 25.7. The molecule has 0 bridgehead atoms. The van der Waals surface area contributed by atoms with Crippen molar-refractivity contribution in [2.45, 2.75) is 207 Å². The summed E-state index contributed by atoms with van der Waals surface area (Å²) >= 11 is 0. The third-order valence-corrected chi connectivity index (χ3v) is 23.3. The van der Waals surface area contributed by atoms with Gasteiger partial charge >= 0.3 is 0 Å². The van der Waals surface area contributed by atoms with E-state index in [9.17, 15) is 0 Å². The molecule has 0 radical (unpaired) electrons. The summed E-state index contributed by atoms with van der Waals surface area (Å²) in [5.41, 5.74) is 4.82. The fourth-order valence-corrected chi connectivity index (χ4v) is 19.8. The molecule has 0 unspecified atom stereocenters. The van der Waals surface area contributed by atoms with Gasteiger partial charge in [0.05, 0.1) is 37.6 Å². The van der Waals surface area contributed by atoms with Crippen molar-refractivity contribution in [2.75, 3.05) is 20.0 Å². The van der Waals surface area contributed by atoms with Crippen LogP contribution in [0.4, 0.5) is 0 Å². The van der Waals surface area contributed by atoms with Crippen LogP contribution in [-0.4, -0.2) is 56.0 Å². The lowest BCUT2D eigenvalue weighted by Gasteiger charge is -2.58. The van der Waals surface area contributed by atoms with Crippen LogP contribution in [0, 0.1) is 92.7 Å². The van der Waals surface area contributed by atoms with Crippen LogP contribution in [0.5, 0.6) is 0 Å². The van der Waals surface area contributed by atoms with Gasteiger partial charge in [0.15, 0.2) is 11.6 Å². The second-order valence-corrected chi connectivity index (χ2v) is 25.7. The van der Waals surface area contributed by atoms with E-state index in [1.54, 1.807) is 11.1 Å². The predicted molar refractivity (Wildman–Crippen MR) is 238 cm³/mol. The third kappa shape index (κ3) is 5.91. The minimum atomic E-state index is -0.314. The summed E-state index contributed by atoms with van der Waals surface area (Å²) in [6, 6.07) is 0. The molecule has 22 atom stereocenters. The van der Waals surface area contributed by atoms with E-state index in [1.807, 2.05) is 0 Å². The zero-order valence-electron chi connectivity index (χ0n) is 39.7. The molecule has 6 saturated carbocycles. The molecule has 4 saturated heterocycles. The number of allylic oxidation sites excluding steroid dienone is 2. The molecule has 61 heavy (non-hydrogen) atoms. The zero-order valence-corrected chi connectivity index (χ0v) is 39.7. The molecule has 2 spiro atoms. The summed E-state index contributed by atoms with van der Waals surface area (Å²) in [6.45, 7) is 22.5. The lowest BCUT2D eigenvalue weighted by molar-refractivity contribution is -0.272. The van der Waals surface area contributed by atoms with E-state index in [0.717, 1.165) is 74.4 Å². The highest BCUT2D eigenvalue weighted by Crippen LogP contribution is 2.73. The molecule has 12 aliphatic rings. The van der Waals surface area contributed by atoms with Crippen molar-refractivity contribution in [3.63, 3.8) is 0 Å². The Morgan fingerprint density at radius 1 is 0.541 bits per heavy atom. The van der Waals surface area contributed by atoms with Crippen molar-refractivity contribution in [3.8, 4) is 0 Å². The van der Waals surface area contributed by atoms with Crippen LogP contribution in [0.3, 0.4) is 0 Å². The van der Waals surface area contributed by atoms with E-state index in [2.05, 4.69) is 67.5 Å². The first-order valence-electron chi connectivity index (χ1n) is 26.5. The number of hydrogen-bond donors (Lipinski definition) is 0. The standard InChI is InChI=1S/C55H84O6/c1-32-13-23-54(58-29-32)34(3)48-46(60-54)27-44-40-11-9-36-25-38(15-19-50(36,5)42(40)17-21-52(44,48)7)56-31-57-39-16-20-51(6)37(26-39)10-12-41-43(51)18-22-53(8)45(41)28-47-49(53)35(4)55(61-47)24-14-33(2)30-59-55/h9-10,32-35,38-49H,11-31H2,1-8H3/t32-,33-,34+,35+,38+,39+,40-,41-,42+,43+,44+,45+,46+,47+,48+,49+,50+,51+,52+,53+,54-,55-/m1/s1. The third-order valence-electron chi connectivity index (χ3n) is 23.3. The van der Waals surface area contributed by atoms with Gasteiger partial charge in [-0.2, -0.15) is 0 Å². The number of ether oxygens (including phenoxy) is 6. The van der Waals surface area contributed by atoms with Crippen molar-refractivity contribution < 1.29 is 28.4 Å². The topological polar surface area (TPSA) is 55.4 Å². The monoisotopic (exact) mass is 841 g/mol. The van der Waals surface area contributed by atoms with E-state index in [-0.39, 0.29) is 11.6 Å². The summed E-state index contributed by atoms with van der Waals surface area (Å²) in [5, 5.41) is 0. The molecule has 4 aliphatic heterocycles. The van der Waals surface area contributed by atoms with Crippen LogP contribution in [-0.2, 0) is 28.4 Å². The second kappa shape index (κ2) is 14.4. The fraction of sp³-hybridized carbons (Fsp3) is 0.927. The molecule has 340 valence electrons. The quantitative estimate of drug-likeness (QED) is 0.208. The van der Waals surface area contributed by atoms with E-state index in [4.69, 9.17) is 28.4 Å². The molecule has 6 heteroatoms. The lowest BCUT2D eigenvalue weighted by atomic mass is 9.47. The van der Waals surface area contributed by atoms with Crippen LogP contribution >= 0.6 is 0 Å². The zero-order chi connectivity index (χ0) is 41.9. The van der Waals surface area contributed by atoms with Gasteiger partial charge in [-0.25, -0.2) is 0 Å². The van der Waals surface area contributed by atoms with Gasteiger partial charge in [0.2, 0.25) is 0 Å². The van der Waals surface area contributed by atoms with Crippen molar-refractivity contribution in [2.24, 2.45) is 92.7 Å². The van der Waals surface area contributed by atoms with Gasteiger partial charge in [-0.3, -0.25) is 0 Å². The van der Waals surface area contributed by atoms with Gasteiger partial charge < -0.3 is 28.4 Å². The first-order chi connectivity index (χ1) is 29.2. The molecule has 12 rings (SSSR count). The van der Waals surface area contributed by atoms with Crippen molar-refractivity contribution >= 4 is 0 Å². The Morgan fingerprint density at radius 3 is 1.39 bits per heavy atom. The molecule has 0 aromatic heterocycles. The van der Waals surface area contributed by atoms with Crippen LogP contribution < -0.4 is 0 Å². The average Bonchev–Trinajstić information content (AvgIpc) is 3.90. The Bertz CT molecular complexity index is 1650. The highest BCUT2D eigenvalue weighted by atomic mass is 16.7. The molecule has 6 nitrogen and oxygen atoms in total. The number of hydrogen-bond acceptors (Lipinski definition) is 6. The SMILES string of the molecule is C[C@@H]1CC[C@@]2(OC1)O[C@H]1C[C@H]3[C@@H]4CC=C5C[C@@H](OCO[C@H]6CC[C@@]7(C)C(=CC[C@H]8[C@@H]9C[C@@H]%10O[C@]%11(CC[C@@H](C)CO%11)[C@@H](C)[C@@H]%10[C@@]9(C)CC[C@@H]87)C6)CC[C@]5(C)[C@H]4CC[C@]3(C)[C@H]1[C@@H]2C. The van der Waals surface area contributed by atoms with Gasteiger partial charge in [-0.15, -0.1) is 0 Å². The maximum absolute atomic E-state index is 7.06. The van der Waals surface area contributed by atoms with E-state index in [1.165, 1.54) is 89.9 Å². The molecule has 8 aliphatic carbocycles. The predicted octanol–water partition coefficient (Wildman–Crippen LogP) is 12.4. The van der Waals surface area contributed by atoms with Crippen LogP contribution in [0.25, 0.3) is 0 Å². The maximum atomic E-state index is 7.06. The Labute approximate surface area is 370 Å². The molecular weight excluding hydrogens is 757 g/mol. The fourth-order valence-electron chi connectivity index (χ4n) is 19.8. The van der Waals surface area contributed by atoms with Gasteiger partial charge in [-0.05, 0) is 184 Å². The van der Waals surface area contributed by atoms with Crippen molar-refractivity contribution in [1.82, 2.24) is 0 Å². The minimum absolute atomic E-state index is 0.292. The van der Waals surface area contributed by atoms with E-state index < -0.39 is 0 Å². The smallest absolute Gasteiger partial charge is 0.171 e. The summed E-state index contributed by atoms with van der Waals surface area (Å²) in [6.07, 6.45) is 29.0. The summed E-state index contributed by atoms with van der Waals surface area (Å²) in [5.74, 6) is 7.70. The highest BCUT2D eigenvalue weighted by Gasteiger charge is 2.70. The van der Waals surface area contributed by atoms with Gasteiger partial charge in [0.1, 0.15) is 6.79 Å². The van der Waals surface area contributed by atoms with Gasteiger partial charge in [0.25, 0.3) is 0 Å². The number of rotatable bonds is 4. The average molecular weight is 841 g/mol. The normalized spacial score (nSPS) is 59.3. The molecule has 4 heterocycles. The highest BCUT2D eigenvalue weighted by molar-refractivity contribution is 5.28. The molecule has 0 amide bonds. The summed E-state index contributed by atoms with van der Waals surface area (Å²) < 4.78 is 40.7. The number of fused-ring (bicyclic) bond motifs is 14. The first-order valence-corrected chi connectivity index (χ1v) is 26.5. The Balaban J connectivity index is 0.651. The lowest BCUT2D eigenvalue weighted by Crippen LogP contribution is -2.52. The molecule has 10 fully saturated rings. The van der Waals surface area contributed by atoms with Crippen LogP contribution in [0.2, 0.25) is 0 Å². The van der Waals surface area contributed by atoms with Crippen molar-refractivity contribution in [3.05, 3.63) is 23.3 Å². The minimum Gasteiger partial charge on any atom is -0.352 e. The van der Waals surface area contributed by atoms with Gasteiger partial charge in [0, 0.05) is 24.7 Å². The Morgan fingerprint density at radius 2 is 0.984 bits per heavy atom. The van der Waals surface area contributed by atoms with Crippen molar-refractivity contribution in [1.29, 1.82) is 0 Å². The molecular formula is C55H84O6. The largest absolute Gasteiger partial charge is 0.352 e. The summed E-state index contributed by atoms with van der Waals surface area (Å²) in [4.78, 5) is 0. The van der Waals surface area contributed by atoms with Crippen LogP contribution in [0.1, 0.15) is 171 Å². The Hall–Kier alpha value is -0.760. The van der Waals surface area contributed by atoms with Gasteiger partial charge in [-0.1, -0.05) is 78.7 Å².